The number of H-pyrrole nitrogens is 1. The van der Waals surface area contributed by atoms with Crippen molar-refractivity contribution in [3.63, 3.8) is 0 Å². The highest BCUT2D eigenvalue weighted by atomic mass is 32.2. The van der Waals surface area contributed by atoms with Gasteiger partial charge in [0.15, 0.2) is 0 Å². The molecule has 1 fully saturated rings. The van der Waals surface area contributed by atoms with E-state index in [0.717, 1.165) is 32.9 Å². The molecule has 1 aromatic heterocycles. The number of aromatic amines is 1. The fourth-order valence-corrected chi connectivity index (χ4v) is 4.95. The third-order valence-electron chi connectivity index (χ3n) is 4.86. The van der Waals surface area contributed by atoms with Crippen molar-refractivity contribution < 1.29 is 5.11 Å². The number of anilines is 2. The first-order valence-corrected chi connectivity index (χ1v) is 10.8. The van der Waals surface area contributed by atoms with Gasteiger partial charge in [-0.25, -0.2) is 0 Å². The first-order valence-electron chi connectivity index (χ1n) is 9.08. The molecule has 2 aromatic carbocycles. The van der Waals surface area contributed by atoms with Crippen molar-refractivity contribution in [1.29, 1.82) is 0 Å². The second kappa shape index (κ2) is 9.18. The molecule has 0 spiro atoms. The Labute approximate surface area is 181 Å². The number of para-hydroxylation sites is 1. The molecule has 1 aliphatic rings. The Kier molecular flexibility index (Phi) is 6.38. The predicted molar refractivity (Wildman–Crippen MR) is 119 cm³/mol. The largest absolute Gasteiger partial charge is 0.397 e. The Hall–Kier alpha value is -2.39. The van der Waals surface area contributed by atoms with Gasteiger partial charge in [-0.1, -0.05) is 18.2 Å². The zero-order chi connectivity index (χ0) is 21.1. The van der Waals surface area contributed by atoms with Crippen LogP contribution in [0.4, 0.5) is 11.4 Å². The van der Waals surface area contributed by atoms with Crippen molar-refractivity contribution in [2.24, 2.45) is 11.0 Å². The Bertz CT molecular complexity index is 1020. The van der Waals surface area contributed by atoms with Crippen molar-refractivity contribution >= 4 is 35.3 Å². The standard InChI is InChI=1S/C17H22N10OS2/c18-15-9(2-1-3-10(15)22-19)8-4-5-13(30-25-11-6-21-7-12(11)28)16(29-20)14(8)17-23-26-27-24-17/h1-5,11-12,21-22,25,28H,6-7,18-20H2,(H,23,24,26,27). The number of nitrogens with one attached hydrogen (secondary N) is 4. The smallest absolute Gasteiger partial charge is 0.206 e. The van der Waals surface area contributed by atoms with Gasteiger partial charge >= 0.3 is 0 Å². The molecular weight excluding hydrogens is 424 g/mol. The SMILES string of the molecule is NNc1cccc(-c2ccc(SNC3CNCC3O)c(SN)c2-c2nn[nH]n2)c1N. The molecule has 0 amide bonds. The van der Waals surface area contributed by atoms with Crippen LogP contribution in [0.15, 0.2) is 40.1 Å². The van der Waals surface area contributed by atoms with E-state index in [-0.39, 0.29) is 6.04 Å². The molecule has 0 saturated carbocycles. The normalized spacial score (nSPS) is 18.6. The third kappa shape index (κ3) is 3.96. The highest BCUT2D eigenvalue weighted by Crippen LogP contribution is 2.44. The quantitative estimate of drug-likeness (QED) is 0.107. The fourth-order valence-electron chi connectivity index (χ4n) is 3.33. The maximum atomic E-state index is 10.0. The number of benzene rings is 2. The summed E-state index contributed by atoms with van der Waals surface area (Å²) in [6.07, 6.45) is -0.450. The van der Waals surface area contributed by atoms with Crippen LogP contribution >= 0.6 is 23.9 Å². The lowest BCUT2D eigenvalue weighted by Crippen LogP contribution is -2.34. The average molecular weight is 447 g/mol. The monoisotopic (exact) mass is 446 g/mol. The van der Waals surface area contributed by atoms with Gasteiger partial charge in [0.1, 0.15) is 0 Å². The molecule has 30 heavy (non-hydrogen) atoms. The molecule has 158 valence electrons. The minimum Gasteiger partial charge on any atom is -0.397 e. The van der Waals surface area contributed by atoms with Crippen molar-refractivity contribution in [1.82, 2.24) is 30.7 Å². The fraction of sp³-hybridized carbons (Fsp3) is 0.235. The highest BCUT2D eigenvalue weighted by Gasteiger charge is 2.26. The molecule has 1 saturated heterocycles. The second-order valence-corrected chi connectivity index (χ2v) is 8.16. The molecule has 0 bridgehead atoms. The van der Waals surface area contributed by atoms with Crippen molar-refractivity contribution in [3.05, 3.63) is 30.3 Å². The number of aliphatic hydroxyl groups excluding tert-OH is 1. The number of hydrazine groups is 1. The topological polar surface area (TPSA) is 189 Å². The summed E-state index contributed by atoms with van der Waals surface area (Å²) in [5.74, 6) is 5.99. The molecule has 13 heteroatoms. The maximum Gasteiger partial charge on any atom is 0.206 e. The zero-order valence-electron chi connectivity index (χ0n) is 15.8. The Balaban J connectivity index is 1.80. The van der Waals surface area contributed by atoms with Gasteiger partial charge in [-0.3, -0.25) is 15.7 Å². The summed E-state index contributed by atoms with van der Waals surface area (Å²) in [5.41, 5.74) is 12.3. The third-order valence-corrected chi connectivity index (χ3v) is 6.63. The molecule has 0 radical (unpaired) electrons. The molecule has 0 aliphatic carbocycles. The number of aromatic nitrogens is 4. The summed E-state index contributed by atoms with van der Waals surface area (Å²) < 4.78 is 3.30. The number of tetrazole rings is 1. The van der Waals surface area contributed by atoms with Gasteiger partial charge in [0.2, 0.25) is 5.82 Å². The van der Waals surface area contributed by atoms with Crippen molar-refractivity contribution in [2.75, 3.05) is 24.2 Å². The molecule has 1 aliphatic heterocycles. The van der Waals surface area contributed by atoms with Gasteiger partial charge in [-0.2, -0.15) is 5.21 Å². The van der Waals surface area contributed by atoms with E-state index >= 15 is 0 Å². The number of nitrogen functional groups attached to an aromatic ring is 2. The summed E-state index contributed by atoms with van der Waals surface area (Å²) in [5, 5.41) is 33.8. The lowest BCUT2D eigenvalue weighted by atomic mass is 9.97. The van der Waals surface area contributed by atoms with Crippen LogP contribution < -0.4 is 32.2 Å². The van der Waals surface area contributed by atoms with Crippen LogP contribution in [0.5, 0.6) is 0 Å². The summed E-state index contributed by atoms with van der Waals surface area (Å²) in [6.45, 7) is 1.25. The van der Waals surface area contributed by atoms with E-state index in [2.05, 4.69) is 36.1 Å². The lowest BCUT2D eigenvalue weighted by Gasteiger charge is -2.19. The summed E-state index contributed by atoms with van der Waals surface area (Å²) in [4.78, 5) is 1.63. The van der Waals surface area contributed by atoms with Crippen LogP contribution in [-0.2, 0) is 0 Å². The molecule has 2 atom stereocenters. The number of aliphatic hydroxyl groups is 1. The van der Waals surface area contributed by atoms with Crippen LogP contribution in [0.2, 0.25) is 0 Å². The summed E-state index contributed by atoms with van der Waals surface area (Å²) >= 11 is 2.49. The Morgan fingerprint density at radius 3 is 2.70 bits per heavy atom. The molecule has 11 nitrogen and oxygen atoms in total. The van der Waals surface area contributed by atoms with Crippen LogP contribution in [0, 0.1) is 0 Å². The van der Waals surface area contributed by atoms with E-state index in [1.54, 1.807) is 6.07 Å². The lowest BCUT2D eigenvalue weighted by molar-refractivity contribution is 0.174. The predicted octanol–water partition coefficient (Wildman–Crippen LogP) is 0.297. The number of hydrogen-bond acceptors (Lipinski definition) is 12. The summed E-state index contributed by atoms with van der Waals surface area (Å²) in [7, 11) is 0. The van der Waals surface area contributed by atoms with Gasteiger partial charge in [-0.05, 0) is 46.8 Å². The Morgan fingerprint density at radius 2 is 2.03 bits per heavy atom. The zero-order valence-corrected chi connectivity index (χ0v) is 17.4. The molecule has 2 unspecified atom stereocenters. The molecule has 2 heterocycles. The number of nitrogens with two attached hydrogens (primary N) is 3. The first kappa shape index (κ1) is 20.9. The first-order chi connectivity index (χ1) is 14.6. The van der Waals surface area contributed by atoms with E-state index in [4.69, 9.17) is 16.7 Å². The van der Waals surface area contributed by atoms with E-state index in [0.29, 0.717) is 35.9 Å². The second-order valence-electron chi connectivity index (χ2n) is 6.63. The molecular formula is C17H22N10OS2. The number of rotatable bonds is 7. The number of hydrogen-bond donors (Lipinski definition) is 8. The van der Waals surface area contributed by atoms with Crippen molar-refractivity contribution in [3.8, 4) is 22.5 Å². The number of β-amino-alcohol motifs (C(OH)–C–C–N with tert-alkyl or cyclic N) is 1. The van der Waals surface area contributed by atoms with Gasteiger partial charge in [-0.15, -0.1) is 10.2 Å². The van der Waals surface area contributed by atoms with Crippen LogP contribution in [0.25, 0.3) is 22.5 Å². The molecule has 3 aromatic rings. The van der Waals surface area contributed by atoms with Crippen molar-refractivity contribution in [2.45, 2.75) is 21.9 Å². The summed E-state index contributed by atoms with van der Waals surface area (Å²) in [6, 6.07) is 9.36. The average Bonchev–Trinajstić information content (AvgIpc) is 3.43. The minimum atomic E-state index is -0.450. The van der Waals surface area contributed by atoms with Gasteiger partial charge in [0.05, 0.1) is 23.5 Å². The number of nitrogens with zero attached hydrogens (tertiary/aromatic N) is 3. The van der Waals surface area contributed by atoms with E-state index in [9.17, 15) is 5.11 Å². The van der Waals surface area contributed by atoms with Crippen LogP contribution in [0.1, 0.15) is 0 Å². The Morgan fingerprint density at radius 1 is 1.17 bits per heavy atom. The van der Waals surface area contributed by atoms with E-state index in [1.165, 1.54) is 11.9 Å². The van der Waals surface area contributed by atoms with Crippen LogP contribution in [0.3, 0.4) is 0 Å². The highest BCUT2D eigenvalue weighted by molar-refractivity contribution is 8.00. The molecule has 11 N–H and O–H groups in total. The molecule has 4 rings (SSSR count). The maximum absolute atomic E-state index is 10.0. The van der Waals surface area contributed by atoms with Gasteiger partial charge < -0.3 is 21.6 Å². The van der Waals surface area contributed by atoms with Gasteiger partial charge in [0.25, 0.3) is 0 Å². The van der Waals surface area contributed by atoms with Gasteiger partial charge in [0, 0.05) is 34.0 Å². The van der Waals surface area contributed by atoms with E-state index in [1.807, 2.05) is 24.3 Å². The van der Waals surface area contributed by atoms with Crippen LogP contribution in [-0.4, -0.2) is 51.0 Å². The van der Waals surface area contributed by atoms with E-state index < -0.39 is 6.10 Å². The minimum absolute atomic E-state index is 0.0677.